The molecule has 5 nitrogen and oxygen atoms in total. The molecule has 3 aromatic heterocycles. The molecule has 9 aromatic rings. The second kappa shape index (κ2) is 11.5. The van der Waals surface area contributed by atoms with E-state index in [1.807, 2.05) is 30.3 Å². The second-order valence-electron chi connectivity index (χ2n) is 12.8. The standard InChI is InChI=1S/C45H30N4O/c1-3-11-30(12-4-1)43-46-44(31-13-5-2-6-14-31)48-45(47-43)32-21-19-29(20-22-32)33-23-25-37-38-26-24-34(28-42(38)50-41(37)27-33)49-39-17-9-7-15-35(39)36-16-8-10-18-40(36)49/h1,3-5,7-28H,2,6H2. The van der Waals surface area contributed by atoms with Crippen LogP contribution in [-0.2, 0) is 0 Å². The molecule has 0 spiro atoms. The zero-order chi connectivity index (χ0) is 33.0. The highest BCUT2D eigenvalue weighted by atomic mass is 16.3. The van der Waals surface area contributed by atoms with Crippen molar-refractivity contribution >= 4 is 49.3 Å². The molecule has 0 aliphatic heterocycles. The number of hydrogen-bond acceptors (Lipinski definition) is 4. The molecule has 0 saturated carbocycles. The van der Waals surface area contributed by atoms with Crippen LogP contribution in [0, 0.1) is 0 Å². The minimum absolute atomic E-state index is 0.659. The minimum atomic E-state index is 0.659. The zero-order valence-corrected chi connectivity index (χ0v) is 27.1. The number of rotatable bonds is 5. The second-order valence-corrected chi connectivity index (χ2v) is 12.8. The van der Waals surface area contributed by atoms with Crippen LogP contribution in [0.3, 0.4) is 0 Å². The van der Waals surface area contributed by atoms with Crippen LogP contribution in [0.4, 0.5) is 0 Å². The molecule has 1 aliphatic rings. The monoisotopic (exact) mass is 642 g/mol. The van der Waals surface area contributed by atoms with E-state index >= 15 is 0 Å². The van der Waals surface area contributed by atoms with Crippen molar-refractivity contribution in [3.8, 4) is 39.6 Å². The Morgan fingerprint density at radius 3 is 1.74 bits per heavy atom. The van der Waals surface area contributed by atoms with E-state index in [2.05, 4.69) is 132 Å². The van der Waals surface area contributed by atoms with Crippen LogP contribution >= 0.6 is 0 Å². The van der Waals surface area contributed by atoms with Gasteiger partial charge >= 0.3 is 0 Å². The summed E-state index contributed by atoms with van der Waals surface area (Å²) in [5.41, 5.74) is 10.3. The first kappa shape index (κ1) is 28.4. The first-order valence-corrected chi connectivity index (χ1v) is 17.0. The number of hydrogen-bond donors (Lipinski definition) is 0. The summed E-state index contributed by atoms with van der Waals surface area (Å²) in [6, 6.07) is 48.7. The molecular formula is C45H30N4O. The summed E-state index contributed by atoms with van der Waals surface area (Å²) in [5.74, 6) is 2.03. The van der Waals surface area contributed by atoms with E-state index in [1.54, 1.807) is 0 Å². The summed E-state index contributed by atoms with van der Waals surface area (Å²) in [7, 11) is 0. The van der Waals surface area contributed by atoms with Gasteiger partial charge in [0.15, 0.2) is 17.5 Å². The van der Waals surface area contributed by atoms with Gasteiger partial charge in [0.1, 0.15) is 11.2 Å². The Morgan fingerprint density at radius 1 is 0.460 bits per heavy atom. The van der Waals surface area contributed by atoms with E-state index in [-0.39, 0.29) is 0 Å². The maximum Gasteiger partial charge on any atom is 0.164 e. The topological polar surface area (TPSA) is 56.7 Å². The van der Waals surface area contributed by atoms with Gasteiger partial charge in [-0.15, -0.1) is 0 Å². The Bertz CT molecular complexity index is 2750. The summed E-state index contributed by atoms with van der Waals surface area (Å²) in [4.78, 5) is 14.7. The van der Waals surface area contributed by atoms with E-state index in [0.717, 1.165) is 68.3 Å². The molecule has 1 aliphatic carbocycles. The third kappa shape index (κ3) is 4.74. The summed E-state index contributed by atoms with van der Waals surface area (Å²) in [6.07, 6.45) is 8.52. The molecule has 0 atom stereocenters. The number of fused-ring (bicyclic) bond motifs is 6. The molecule has 5 heteroatoms. The fourth-order valence-electron chi connectivity index (χ4n) is 7.23. The van der Waals surface area contributed by atoms with E-state index in [1.165, 1.54) is 21.8 Å². The van der Waals surface area contributed by atoms with Gasteiger partial charge in [0.2, 0.25) is 0 Å². The van der Waals surface area contributed by atoms with Crippen molar-refractivity contribution in [2.75, 3.05) is 0 Å². The Morgan fingerprint density at radius 2 is 1.04 bits per heavy atom. The Kier molecular flexibility index (Phi) is 6.56. The normalized spacial score (nSPS) is 13.1. The van der Waals surface area contributed by atoms with Gasteiger partial charge in [0, 0.05) is 50.0 Å². The molecule has 10 rings (SSSR count). The number of para-hydroxylation sites is 2. The summed E-state index contributed by atoms with van der Waals surface area (Å²) in [5, 5.41) is 4.70. The van der Waals surface area contributed by atoms with Gasteiger partial charge in [-0.3, -0.25) is 0 Å². The predicted octanol–water partition coefficient (Wildman–Crippen LogP) is 11.6. The average Bonchev–Trinajstić information content (AvgIpc) is 3.73. The SMILES string of the molecule is C1=CC(c2nc(-c3ccccc3)nc(-c3ccc(-c4ccc5c(c4)oc4cc(-n6c7ccccc7c7ccccc76)ccc45)cc3)n2)=CCC1. The smallest absolute Gasteiger partial charge is 0.164 e. The largest absolute Gasteiger partial charge is 0.456 e. The highest BCUT2D eigenvalue weighted by Gasteiger charge is 2.16. The number of furan rings is 1. The highest BCUT2D eigenvalue weighted by molar-refractivity contribution is 6.10. The molecule has 3 heterocycles. The molecule has 0 bridgehead atoms. The van der Waals surface area contributed by atoms with Crippen molar-refractivity contribution in [1.29, 1.82) is 0 Å². The summed E-state index contributed by atoms with van der Waals surface area (Å²) >= 11 is 0. The maximum atomic E-state index is 6.55. The van der Waals surface area contributed by atoms with E-state index in [9.17, 15) is 0 Å². The number of allylic oxidation sites excluding steroid dienone is 4. The molecule has 0 radical (unpaired) electrons. The van der Waals surface area contributed by atoms with Gasteiger partial charge in [0.25, 0.3) is 0 Å². The predicted molar refractivity (Wildman–Crippen MR) is 204 cm³/mol. The molecular weight excluding hydrogens is 613 g/mol. The maximum absolute atomic E-state index is 6.55. The van der Waals surface area contributed by atoms with Gasteiger partial charge in [-0.2, -0.15) is 0 Å². The molecule has 0 saturated heterocycles. The fraction of sp³-hybridized carbons (Fsp3) is 0.0444. The van der Waals surface area contributed by atoms with Crippen LogP contribution in [0.1, 0.15) is 18.7 Å². The summed E-state index contributed by atoms with van der Waals surface area (Å²) in [6.45, 7) is 0. The lowest BCUT2D eigenvalue weighted by molar-refractivity contribution is 0.669. The molecule has 0 unspecified atom stereocenters. The van der Waals surface area contributed by atoms with Gasteiger partial charge in [-0.1, -0.05) is 115 Å². The van der Waals surface area contributed by atoms with Crippen molar-refractivity contribution in [2.24, 2.45) is 0 Å². The quantitative estimate of drug-likeness (QED) is 0.187. The molecule has 0 fully saturated rings. The van der Waals surface area contributed by atoms with Gasteiger partial charge < -0.3 is 8.98 Å². The van der Waals surface area contributed by atoms with Crippen LogP contribution in [-0.4, -0.2) is 19.5 Å². The fourth-order valence-corrected chi connectivity index (χ4v) is 7.23. The third-order valence-electron chi connectivity index (χ3n) is 9.69. The van der Waals surface area contributed by atoms with Crippen molar-refractivity contribution in [3.63, 3.8) is 0 Å². The van der Waals surface area contributed by atoms with E-state index in [0.29, 0.717) is 17.5 Å². The molecule has 236 valence electrons. The van der Waals surface area contributed by atoms with Crippen molar-refractivity contribution in [3.05, 3.63) is 164 Å². The number of aromatic nitrogens is 4. The third-order valence-corrected chi connectivity index (χ3v) is 9.69. The lowest BCUT2D eigenvalue weighted by atomic mass is 10.0. The number of nitrogens with zero attached hydrogens (tertiary/aromatic N) is 4. The van der Waals surface area contributed by atoms with Crippen LogP contribution in [0.25, 0.3) is 88.9 Å². The van der Waals surface area contributed by atoms with Crippen LogP contribution in [0.15, 0.2) is 162 Å². The van der Waals surface area contributed by atoms with Crippen molar-refractivity contribution in [2.45, 2.75) is 12.8 Å². The van der Waals surface area contributed by atoms with Crippen LogP contribution < -0.4 is 0 Å². The van der Waals surface area contributed by atoms with Crippen molar-refractivity contribution < 1.29 is 4.42 Å². The first-order valence-electron chi connectivity index (χ1n) is 17.0. The average molecular weight is 643 g/mol. The lowest BCUT2D eigenvalue weighted by Crippen LogP contribution is -2.03. The number of benzene rings is 6. The van der Waals surface area contributed by atoms with Crippen LogP contribution in [0.2, 0.25) is 0 Å². The van der Waals surface area contributed by atoms with Crippen LogP contribution in [0.5, 0.6) is 0 Å². The minimum Gasteiger partial charge on any atom is -0.456 e. The summed E-state index contributed by atoms with van der Waals surface area (Å²) < 4.78 is 8.87. The first-order chi connectivity index (χ1) is 24.8. The Labute approximate surface area is 288 Å². The Hall–Kier alpha value is -6.59. The zero-order valence-electron chi connectivity index (χ0n) is 27.1. The molecule has 0 amide bonds. The van der Waals surface area contributed by atoms with Gasteiger partial charge in [-0.25, -0.2) is 15.0 Å². The molecule has 0 N–H and O–H groups in total. The Balaban J connectivity index is 1.01. The van der Waals surface area contributed by atoms with Gasteiger partial charge in [0.05, 0.1) is 11.0 Å². The highest BCUT2D eigenvalue weighted by Crippen LogP contribution is 2.37. The van der Waals surface area contributed by atoms with E-state index in [4.69, 9.17) is 19.4 Å². The van der Waals surface area contributed by atoms with Gasteiger partial charge in [-0.05, 0) is 60.4 Å². The molecule has 50 heavy (non-hydrogen) atoms. The van der Waals surface area contributed by atoms with E-state index < -0.39 is 0 Å². The lowest BCUT2D eigenvalue weighted by Gasteiger charge is -2.11. The molecule has 6 aromatic carbocycles. The van der Waals surface area contributed by atoms with Crippen molar-refractivity contribution in [1.82, 2.24) is 19.5 Å².